The van der Waals surface area contributed by atoms with Crippen molar-refractivity contribution >= 4 is 29.2 Å². The highest BCUT2D eigenvalue weighted by atomic mass is 16.6. The van der Waals surface area contributed by atoms with Crippen LogP contribution < -0.4 is 5.32 Å². The number of esters is 1. The van der Waals surface area contributed by atoms with Gasteiger partial charge in [-0.2, -0.15) is 0 Å². The fraction of sp³-hybridized carbons (Fsp3) is 0.211. The molecule has 0 unspecified atom stereocenters. The maximum atomic E-state index is 12.6. The van der Waals surface area contributed by atoms with E-state index in [4.69, 9.17) is 4.74 Å². The zero-order valence-electron chi connectivity index (χ0n) is 15.4. The molecule has 0 radical (unpaired) electrons. The number of nitrogens with zero attached hydrogens (tertiary/aromatic N) is 2. The predicted molar refractivity (Wildman–Crippen MR) is 101 cm³/mol. The zero-order chi connectivity index (χ0) is 20.7. The Bertz CT molecular complexity index is 895. The van der Waals surface area contributed by atoms with Crippen LogP contribution in [0.2, 0.25) is 0 Å². The molecule has 9 nitrogen and oxygen atoms in total. The van der Waals surface area contributed by atoms with Crippen molar-refractivity contribution in [3.05, 3.63) is 69.8 Å². The number of carbonyl (C=O) groups is 3. The summed E-state index contributed by atoms with van der Waals surface area (Å²) in [7, 11) is 1.43. The van der Waals surface area contributed by atoms with E-state index >= 15 is 0 Å². The number of anilines is 1. The minimum absolute atomic E-state index is 0.0964. The van der Waals surface area contributed by atoms with Crippen LogP contribution >= 0.6 is 0 Å². The van der Waals surface area contributed by atoms with Crippen molar-refractivity contribution in [3.63, 3.8) is 0 Å². The van der Waals surface area contributed by atoms with Crippen LogP contribution in [-0.2, 0) is 9.53 Å². The lowest BCUT2D eigenvalue weighted by Gasteiger charge is -2.18. The molecule has 0 aliphatic heterocycles. The number of hydrogen-bond donors (Lipinski definition) is 1. The van der Waals surface area contributed by atoms with Gasteiger partial charge in [0.2, 0.25) is 5.91 Å². The summed E-state index contributed by atoms with van der Waals surface area (Å²) in [5.74, 6) is -1.61. The summed E-state index contributed by atoms with van der Waals surface area (Å²) in [4.78, 5) is 48.1. The molecule has 2 aromatic carbocycles. The van der Waals surface area contributed by atoms with Crippen LogP contribution in [0.15, 0.2) is 48.5 Å². The number of ether oxygens (including phenoxy) is 1. The van der Waals surface area contributed by atoms with Gasteiger partial charge in [-0.05, 0) is 31.2 Å². The minimum atomic E-state index is -0.616. The molecule has 2 amide bonds. The van der Waals surface area contributed by atoms with Crippen LogP contribution in [0, 0.1) is 10.1 Å². The van der Waals surface area contributed by atoms with Gasteiger partial charge < -0.3 is 15.0 Å². The number of nitro benzene ring substituents is 1. The Morgan fingerprint density at radius 2 is 1.68 bits per heavy atom. The average molecular weight is 385 g/mol. The molecule has 0 saturated carbocycles. The van der Waals surface area contributed by atoms with Crippen LogP contribution in [0.4, 0.5) is 11.4 Å². The third-order valence-corrected chi connectivity index (χ3v) is 3.74. The summed E-state index contributed by atoms with van der Waals surface area (Å²) in [5, 5.41) is 13.2. The van der Waals surface area contributed by atoms with Gasteiger partial charge in [-0.25, -0.2) is 4.79 Å². The van der Waals surface area contributed by atoms with Crippen molar-refractivity contribution in [1.29, 1.82) is 0 Å². The highest BCUT2D eigenvalue weighted by molar-refractivity contribution is 6.06. The lowest BCUT2D eigenvalue weighted by molar-refractivity contribution is -0.384. The Hall–Kier alpha value is -3.75. The second-order valence-electron chi connectivity index (χ2n) is 5.78. The zero-order valence-corrected chi connectivity index (χ0v) is 15.4. The number of hydrogen-bond acceptors (Lipinski definition) is 6. The quantitative estimate of drug-likeness (QED) is 0.444. The van der Waals surface area contributed by atoms with E-state index in [2.05, 4.69) is 5.32 Å². The summed E-state index contributed by atoms with van der Waals surface area (Å²) in [5.41, 5.74) is 0.521. The standard InChI is InChI=1S/C19H19N3O6/c1-3-28-19(25)16-7-5-4-6-15(16)18(24)21(2)12-17(23)20-13-8-10-14(11-9-13)22(26)27/h4-11H,3,12H2,1-2H3,(H,20,23). The van der Waals surface area contributed by atoms with Crippen molar-refractivity contribution in [3.8, 4) is 0 Å². The highest BCUT2D eigenvalue weighted by Gasteiger charge is 2.21. The van der Waals surface area contributed by atoms with Gasteiger partial charge in [0.25, 0.3) is 11.6 Å². The van der Waals surface area contributed by atoms with Crippen LogP contribution in [0.3, 0.4) is 0 Å². The van der Waals surface area contributed by atoms with Gasteiger partial charge in [-0.15, -0.1) is 0 Å². The first-order valence-corrected chi connectivity index (χ1v) is 8.39. The number of carbonyl (C=O) groups excluding carboxylic acids is 3. The van der Waals surface area contributed by atoms with E-state index in [9.17, 15) is 24.5 Å². The Kier molecular flexibility index (Phi) is 6.80. The molecule has 0 aliphatic carbocycles. The summed E-state index contributed by atoms with van der Waals surface area (Å²) < 4.78 is 4.95. The molecule has 146 valence electrons. The molecule has 9 heteroatoms. The van der Waals surface area contributed by atoms with Crippen LogP contribution in [0.25, 0.3) is 0 Å². The number of nitrogens with one attached hydrogen (secondary N) is 1. The molecule has 0 aliphatic rings. The van der Waals surface area contributed by atoms with Crippen LogP contribution in [0.5, 0.6) is 0 Å². The SMILES string of the molecule is CCOC(=O)c1ccccc1C(=O)N(C)CC(=O)Nc1ccc([N+](=O)[O-])cc1. The van der Waals surface area contributed by atoms with E-state index in [1.54, 1.807) is 19.1 Å². The Balaban J connectivity index is 2.05. The van der Waals surface area contributed by atoms with Crippen molar-refractivity contribution in [1.82, 2.24) is 4.90 Å². The first-order valence-electron chi connectivity index (χ1n) is 8.39. The molecule has 0 fully saturated rings. The van der Waals surface area contributed by atoms with Gasteiger partial charge in [-0.1, -0.05) is 12.1 Å². The number of amides is 2. The van der Waals surface area contributed by atoms with E-state index in [1.165, 1.54) is 48.3 Å². The number of likely N-dealkylation sites (N-methyl/N-ethyl adjacent to an activating group) is 1. The smallest absolute Gasteiger partial charge is 0.338 e. The van der Waals surface area contributed by atoms with E-state index in [1.807, 2.05) is 0 Å². The Labute approximate surface area is 161 Å². The largest absolute Gasteiger partial charge is 0.462 e. The first kappa shape index (κ1) is 20.6. The first-order chi connectivity index (χ1) is 13.3. The normalized spacial score (nSPS) is 10.1. The molecule has 2 aromatic rings. The van der Waals surface area contributed by atoms with Gasteiger partial charge in [0.05, 0.1) is 29.2 Å². The van der Waals surface area contributed by atoms with Crippen molar-refractivity contribution in [2.24, 2.45) is 0 Å². The van der Waals surface area contributed by atoms with Crippen LogP contribution in [0.1, 0.15) is 27.6 Å². The molecule has 0 atom stereocenters. The number of nitro groups is 1. The minimum Gasteiger partial charge on any atom is -0.462 e. The molecule has 0 aromatic heterocycles. The van der Waals surface area contributed by atoms with Gasteiger partial charge in [0.1, 0.15) is 0 Å². The third-order valence-electron chi connectivity index (χ3n) is 3.74. The van der Waals surface area contributed by atoms with Crippen molar-refractivity contribution in [2.75, 3.05) is 25.5 Å². The maximum absolute atomic E-state index is 12.6. The van der Waals surface area contributed by atoms with Gasteiger partial charge in [-0.3, -0.25) is 19.7 Å². The van der Waals surface area contributed by atoms with Gasteiger partial charge >= 0.3 is 5.97 Å². The van der Waals surface area contributed by atoms with Crippen LogP contribution in [-0.4, -0.2) is 47.8 Å². The summed E-state index contributed by atoms with van der Waals surface area (Å²) in [6, 6.07) is 11.5. The number of non-ortho nitro benzene ring substituents is 1. The predicted octanol–water partition coefficient (Wildman–Crippen LogP) is 2.48. The van der Waals surface area contributed by atoms with Crippen molar-refractivity contribution < 1.29 is 24.0 Å². The van der Waals surface area contributed by atoms with E-state index < -0.39 is 22.7 Å². The molecule has 0 bridgehead atoms. The van der Waals surface area contributed by atoms with E-state index in [-0.39, 0.29) is 30.0 Å². The topological polar surface area (TPSA) is 119 Å². The van der Waals surface area contributed by atoms with E-state index in [0.717, 1.165) is 0 Å². The molecule has 28 heavy (non-hydrogen) atoms. The fourth-order valence-electron chi connectivity index (χ4n) is 2.42. The molecule has 0 heterocycles. The van der Waals surface area contributed by atoms with Crippen molar-refractivity contribution in [2.45, 2.75) is 6.92 Å². The number of benzene rings is 2. The van der Waals surface area contributed by atoms with Gasteiger partial charge in [0.15, 0.2) is 0 Å². The summed E-state index contributed by atoms with van der Waals surface area (Å²) in [6.07, 6.45) is 0. The molecular formula is C19H19N3O6. The molecule has 1 N–H and O–H groups in total. The third kappa shape index (κ3) is 5.13. The van der Waals surface area contributed by atoms with Gasteiger partial charge in [0, 0.05) is 24.9 Å². The second kappa shape index (κ2) is 9.26. The molecule has 0 spiro atoms. The fourth-order valence-corrected chi connectivity index (χ4v) is 2.42. The molecule has 0 saturated heterocycles. The average Bonchev–Trinajstić information content (AvgIpc) is 2.67. The maximum Gasteiger partial charge on any atom is 0.338 e. The highest BCUT2D eigenvalue weighted by Crippen LogP contribution is 2.16. The lowest BCUT2D eigenvalue weighted by atomic mass is 10.1. The summed E-state index contributed by atoms with van der Waals surface area (Å²) >= 11 is 0. The Morgan fingerprint density at radius 3 is 2.25 bits per heavy atom. The van der Waals surface area contributed by atoms with E-state index in [0.29, 0.717) is 5.69 Å². The lowest BCUT2D eigenvalue weighted by Crippen LogP contribution is -2.35. The summed E-state index contributed by atoms with van der Waals surface area (Å²) in [6.45, 7) is 1.57. The molecular weight excluding hydrogens is 366 g/mol. The second-order valence-corrected chi connectivity index (χ2v) is 5.78. The monoisotopic (exact) mass is 385 g/mol. The Morgan fingerprint density at radius 1 is 1.07 bits per heavy atom. The number of rotatable bonds is 7. The molecule has 2 rings (SSSR count).